The van der Waals surface area contributed by atoms with Crippen molar-refractivity contribution >= 4 is 5.97 Å². The normalized spacial score (nSPS) is 9.56. The molecule has 0 amide bonds. The second-order valence-corrected chi connectivity index (χ2v) is 3.80. The van der Waals surface area contributed by atoms with E-state index in [1.165, 1.54) is 19.3 Å². The standard InChI is InChI=1S/C13H18O2.Na/c1-2-3-4-5-7-11-8-6-9-12(10-11)13(14)15;/h6,8-10H,2-5,7H2,1H3,(H,14,15);/q;+1/p-1. The van der Waals surface area contributed by atoms with Crippen molar-refractivity contribution in [3.05, 3.63) is 35.4 Å². The summed E-state index contributed by atoms with van der Waals surface area (Å²) in [5.74, 6) is -1.09. The molecule has 0 aliphatic heterocycles. The quantitative estimate of drug-likeness (QED) is 0.471. The van der Waals surface area contributed by atoms with Crippen molar-refractivity contribution in [3.8, 4) is 0 Å². The SMILES string of the molecule is CCCCCCc1cccc(C(=O)[O-])c1.[Na+]. The van der Waals surface area contributed by atoms with Gasteiger partial charge in [-0.25, -0.2) is 0 Å². The summed E-state index contributed by atoms with van der Waals surface area (Å²) in [6.07, 6.45) is 5.77. The average Bonchev–Trinajstić information content (AvgIpc) is 2.25. The molecule has 2 nitrogen and oxygen atoms in total. The van der Waals surface area contributed by atoms with Crippen molar-refractivity contribution in [3.63, 3.8) is 0 Å². The van der Waals surface area contributed by atoms with Gasteiger partial charge in [-0.15, -0.1) is 0 Å². The molecule has 0 radical (unpaired) electrons. The summed E-state index contributed by atoms with van der Waals surface area (Å²) in [5, 5.41) is 10.6. The van der Waals surface area contributed by atoms with Crippen LogP contribution in [0.4, 0.5) is 0 Å². The third kappa shape index (κ3) is 5.69. The molecule has 1 rings (SSSR count). The van der Waals surface area contributed by atoms with E-state index in [1.54, 1.807) is 18.2 Å². The van der Waals surface area contributed by atoms with Crippen LogP contribution in [-0.4, -0.2) is 5.97 Å². The summed E-state index contributed by atoms with van der Waals surface area (Å²) >= 11 is 0. The Hall–Kier alpha value is -0.310. The molecule has 0 saturated heterocycles. The third-order valence-electron chi connectivity index (χ3n) is 2.48. The number of unbranched alkanes of at least 4 members (excludes halogenated alkanes) is 3. The molecule has 0 unspecified atom stereocenters. The minimum Gasteiger partial charge on any atom is -0.545 e. The van der Waals surface area contributed by atoms with Crippen molar-refractivity contribution < 1.29 is 39.5 Å². The zero-order valence-corrected chi connectivity index (χ0v) is 12.2. The first-order valence-electron chi connectivity index (χ1n) is 5.54. The van der Waals surface area contributed by atoms with Crippen LogP contribution in [0, 0.1) is 0 Å². The molecule has 3 heteroatoms. The van der Waals surface area contributed by atoms with Gasteiger partial charge in [0.25, 0.3) is 0 Å². The summed E-state index contributed by atoms with van der Waals surface area (Å²) in [4.78, 5) is 10.6. The monoisotopic (exact) mass is 228 g/mol. The Kier molecular flexibility index (Phi) is 8.63. The number of hydrogen-bond donors (Lipinski definition) is 0. The van der Waals surface area contributed by atoms with Crippen LogP contribution in [0.5, 0.6) is 0 Å². The number of aryl methyl sites for hydroxylation is 1. The molecule has 1 aromatic carbocycles. The van der Waals surface area contributed by atoms with Crippen LogP contribution in [0.15, 0.2) is 24.3 Å². The maximum atomic E-state index is 10.6. The van der Waals surface area contributed by atoms with Gasteiger partial charge < -0.3 is 9.90 Å². The van der Waals surface area contributed by atoms with Crippen LogP contribution in [0.3, 0.4) is 0 Å². The summed E-state index contributed by atoms with van der Waals surface area (Å²) < 4.78 is 0. The Labute approximate surface area is 119 Å². The van der Waals surface area contributed by atoms with Gasteiger partial charge >= 0.3 is 29.6 Å². The Morgan fingerprint density at radius 2 is 2.00 bits per heavy atom. The van der Waals surface area contributed by atoms with E-state index in [9.17, 15) is 9.90 Å². The molecule has 0 spiro atoms. The Balaban J connectivity index is 0.00000225. The molecule has 82 valence electrons. The van der Waals surface area contributed by atoms with E-state index in [2.05, 4.69) is 6.92 Å². The van der Waals surface area contributed by atoms with Crippen molar-refractivity contribution in [1.82, 2.24) is 0 Å². The molecule has 0 fully saturated rings. The maximum Gasteiger partial charge on any atom is 1.00 e. The van der Waals surface area contributed by atoms with Gasteiger partial charge in [0.2, 0.25) is 0 Å². The molecule has 1 aromatic rings. The predicted molar refractivity (Wildman–Crippen MR) is 58.6 cm³/mol. The molecule has 0 aliphatic rings. The van der Waals surface area contributed by atoms with Gasteiger partial charge in [-0.3, -0.25) is 0 Å². The number of rotatable bonds is 6. The van der Waals surface area contributed by atoms with E-state index in [-0.39, 0.29) is 35.1 Å². The minimum absolute atomic E-state index is 0. The molecular formula is C13H17NaO2. The molecular weight excluding hydrogens is 211 g/mol. The van der Waals surface area contributed by atoms with Crippen molar-refractivity contribution in [2.45, 2.75) is 39.0 Å². The molecule has 0 heterocycles. The van der Waals surface area contributed by atoms with E-state index in [4.69, 9.17) is 0 Å². The van der Waals surface area contributed by atoms with Gasteiger partial charge in [0.1, 0.15) is 0 Å². The van der Waals surface area contributed by atoms with Crippen LogP contribution in [0.2, 0.25) is 0 Å². The fraction of sp³-hybridized carbons (Fsp3) is 0.462. The maximum absolute atomic E-state index is 10.6. The van der Waals surface area contributed by atoms with Crippen molar-refractivity contribution in [1.29, 1.82) is 0 Å². The number of aromatic carboxylic acids is 1. The Morgan fingerprint density at radius 3 is 2.62 bits per heavy atom. The average molecular weight is 228 g/mol. The summed E-state index contributed by atoms with van der Waals surface area (Å²) in [7, 11) is 0. The van der Waals surface area contributed by atoms with E-state index in [1.807, 2.05) is 6.07 Å². The number of carboxylic acid groups (broad SMARTS) is 1. The minimum atomic E-state index is -1.09. The molecule has 0 saturated carbocycles. The Morgan fingerprint density at radius 1 is 1.25 bits per heavy atom. The second kappa shape index (κ2) is 8.80. The van der Waals surface area contributed by atoms with E-state index in [0.717, 1.165) is 18.4 Å². The summed E-state index contributed by atoms with van der Waals surface area (Å²) in [5.41, 5.74) is 1.37. The smallest absolute Gasteiger partial charge is 0.545 e. The fourth-order valence-corrected chi connectivity index (χ4v) is 1.61. The predicted octanol–water partition coefficient (Wildman–Crippen LogP) is -0.823. The largest absolute Gasteiger partial charge is 1.00 e. The zero-order valence-electron chi connectivity index (χ0n) is 10.2. The number of carbonyl (C=O) groups is 1. The molecule has 0 atom stereocenters. The number of benzene rings is 1. The molecule has 0 bridgehead atoms. The van der Waals surface area contributed by atoms with Gasteiger partial charge in [-0.1, -0.05) is 44.4 Å². The van der Waals surface area contributed by atoms with Crippen molar-refractivity contribution in [2.24, 2.45) is 0 Å². The van der Waals surface area contributed by atoms with E-state index in [0.29, 0.717) is 0 Å². The zero-order chi connectivity index (χ0) is 11.1. The molecule has 0 aromatic heterocycles. The fourth-order valence-electron chi connectivity index (χ4n) is 1.61. The topological polar surface area (TPSA) is 40.1 Å². The van der Waals surface area contributed by atoms with Gasteiger partial charge in [0, 0.05) is 0 Å². The molecule has 0 N–H and O–H groups in total. The number of carbonyl (C=O) groups excluding carboxylic acids is 1. The first-order chi connectivity index (χ1) is 7.24. The van der Waals surface area contributed by atoms with Gasteiger partial charge in [0.15, 0.2) is 0 Å². The van der Waals surface area contributed by atoms with Crippen molar-refractivity contribution in [2.75, 3.05) is 0 Å². The van der Waals surface area contributed by atoms with Gasteiger partial charge in [-0.2, -0.15) is 0 Å². The second-order valence-electron chi connectivity index (χ2n) is 3.80. The number of carboxylic acids is 1. The molecule has 16 heavy (non-hydrogen) atoms. The van der Waals surface area contributed by atoms with E-state index < -0.39 is 5.97 Å². The van der Waals surface area contributed by atoms with Crippen LogP contribution in [0.25, 0.3) is 0 Å². The number of hydrogen-bond acceptors (Lipinski definition) is 2. The van der Waals surface area contributed by atoms with Crippen LogP contribution in [-0.2, 0) is 6.42 Å². The van der Waals surface area contributed by atoms with Gasteiger partial charge in [0.05, 0.1) is 5.97 Å². The first-order valence-corrected chi connectivity index (χ1v) is 5.54. The van der Waals surface area contributed by atoms with Crippen LogP contribution in [0.1, 0.15) is 48.5 Å². The Bertz CT molecular complexity index is 323. The van der Waals surface area contributed by atoms with Crippen LogP contribution >= 0.6 is 0 Å². The summed E-state index contributed by atoms with van der Waals surface area (Å²) in [6.45, 7) is 2.18. The molecule has 0 aliphatic carbocycles. The van der Waals surface area contributed by atoms with E-state index >= 15 is 0 Å². The summed E-state index contributed by atoms with van der Waals surface area (Å²) in [6, 6.07) is 7.03. The van der Waals surface area contributed by atoms with Gasteiger partial charge in [-0.05, 0) is 30.0 Å². The third-order valence-corrected chi connectivity index (χ3v) is 2.48. The first kappa shape index (κ1) is 15.7. The van der Waals surface area contributed by atoms with Crippen LogP contribution < -0.4 is 34.7 Å².